The van der Waals surface area contributed by atoms with Crippen LogP contribution in [0.3, 0.4) is 0 Å². The number of rotatable bonds is 4. The number of halogens is 2. The highest BCUT2D eigenvalue weighted by atomic mass is 35.5. The molecule has 0 bridgehead atoms. The van der Waals surface area contributed by atoms with Gasteiger partial charge >= 0.3 is 0 Å². The maximum absolute atomic E-state index is 13.8. The van der Waals surface area contributed by atoms with Crippen molar-refractivity contribution < 1.29 is 4.39 Å². The monoisotopic (exact) mass is 303 g/mol. The maximum atomic E-state index is 13.8. The summed E-state index contributed by atoms with van der Waals surface area (Å²) in [5, 5.41) is 17.0. The van der Waals surface area contributed by atoms with Gasteiger partial charge in [-0.3, -0.25) is 0 Å². The van der Waals surface area contributed by atoms with E-state index in [1.54, 1.807) is 12.1 Å². The van der Waals surface area contributed by atoms with Gasteiger partial charge in [-0.15, -0.1) is 10.2 Å². The predicted octanol–water partition coefficient (Wildman–Crippen LogP) is 3.27. The van der Waals surface area contributed by atoms with Gasteiger partial charge in [0.15, 0.2) is 0 Å². The average Bonchev–Trinajstić information content (AvgIpc) is 3.03. The molecule has 0 spiro atoms. The van der Waals surface area contributed by atoms with Crippen LogP contribution in [0.2, 0.25) is 5.02 Å². The Morgan fingerprint density at radius 2 is 2.05 bits per heavy atom. The minimum Gasteiger partial charge on any atom is -0.381 e. The Hall–Kier alpha value is -2.47. The van der Waals surface area contributed by atoms with Crippen LogP contribution in [0.25, 0.3) is 11.4 Å². The molecule has 0 saturated carbocycles. The third kappa shape index (κ3) is 3.00. The largest absolute Gasteiger partial charge is 0.381 e. The molecule has 3 rings (SSSR count). The molecule has 2 aromatic carbocycles. The fourth-order valence-electron chi connectivity index (χ4n) is 1.93. The summed E-state index contributed by atoms with van der Waals surface area (Å²) >= 11 is 5.76. The van der Waals surface area contributed by atoms with E-state index in [-0.39, 0.29) is 5.02 Å². The van der Waals surface area contributed by atoms with Gasteiger partial charge in [0, 0.05) is 23.4 Å². The molecule has 2 N–H and O–H groups in total. The number of hydrogen-bond donors (Lipinski definition) is 2. The summed E-state index contributed by atoms with van der Waals surface area (Å²) in [6, 6.07) is 12.4. The summed E-state index contributed by atoms with van der Waals surface area (Å²) in [6.45, 7) is 0.335. The normalized spacial score (nSPS) is 10.6. The lowest BCUT2D eigenvalue weighted by Gasteiger charge is -2.09. The minimum atomic E-state index is -0.402. The fraction of sp³-hybridized carbons (Fsp3) is 0.0714. The zero-order valence-corrected chi connectivity index (χ0v) is 11.6. The Bertz CT molecular complexity index is 745. The highest BCUT2D eigenvalue weighted by Gasteiger charge is 2.07. The first kappa shape index (κ1) is 13.5. The van der Waals surface area contributed by atoms with Crippen molar-refractivity contribution in [2.24, 2.45) is 0 Å². The third-order valence-corrected chi connectivity index (χ3v) is 3.27. The van der Waals surface area contributed by atoms with Gasteiger partial charge in [-0.1, -0.05) is 35.9 Å². The number of nitrogens with one attached hydrogen (secondary N) is 2. The molecule has 3 aromatic rings. The van der Waals surface area contributed by atoms with Crippen LogP contribution in [0, 0.1) is 5.82 Å². The molecule has 0 fully saturated rings. The molecule has 106 valence electrons. The number of aromatic nitrogens is 4. The van der Waals surface area contributed by atoms with Gasteiger partial charge in [-0.2, -0.15) is 5.21 Å². The number of H-pyrrole nitrogens is 1. The lowest BCUT2D eigenvalue weighted by atomic mass is 10.1. The molecule has 0 unspecified atom stereocenters. The second-order valence-corrected chi connectivity index (χ2v) is 4.79. The SMILES string of the molecule is Fc1c(Cl)cccc1CNc1cccc(-c2nn[nH]n2)c1. The summed E-state index contributed by atoms with van der Waals surface area (Å²) in [7, 11) is 0. The lowest BCUT2D eigenvalue weighted by Crippen LogP contribution is -2.02. The summed E-state index contributed by atoms with van der Waals surface area (Å²) < 4.78 is 13.8. The Balaban J connectivity index is 1.77. The number of anilines is 1. The van der Waals surface area contributed by atoms with Gasteiger partial charge < -0.3 is 5.32 Å². The van der Waals surface area contributed by atoms with Crippen molar-refractivity contribution >= 4 is 17.3 Å². The van der Waals surface area contributed by atoms with Crippen molar-refractivity contribution in [3.8, 4) is 11.4 Å². The summed E-state index contributed by atoms with van der Waals surface area (Å²) in [6.07, 6.45) is 0. The molecule has 1 aromatic heterocycles. The Kier molecular flexibility index (Phi) is 3.79. The highest BCUT2D eigenvalue weighted by Crippen LogP contribution is 2.21. The second kappa shape index (κ2) is 5.88. The van der Waals surface area contributed by atoms with Crippen molar-refractivity contribution in [2.45, 2.75) is 6.54 Å². The molecule has 0 saturated heterocycles. The van der Waals surface area contributed by atoms with Gasteiger partial charge in [-0.25, -0.2) is 4.39 Å². The fourth-order valence-corrected chi connectivity index (χ4v) is 2.13. The molecule has 0 aliphatic carbocycles. The van der Waals surface area contributed by atoms with Crippen LogP contribution >= 0.6 is 11.6 Å². The van der Waals surface area contributed by atoms with E-state index < -0.39 is 5.82 Å². The van der Waals surface area contributed by atoms with Crippen LogP contribution in [0.15, 0.2) is 42.5 Å². The minimum absolute atomic E-state index is 0.120. The van der Waals surface area contributed by atoms with Crippen LogP contribution in [-0.4, -0.2) is 20.6 Å². The molecule has 7 heteroatoms. The summed E-state index contributed by atoms with van der Waals surface area (Å²) in [5.41, 5.74) is 2.16. The quantitative estimate of drug-likeness (QED) is 0.776. The third-order valence-electron chi connectivity index (χ3n) is 2.98. The first-order chi connectivity index (χ1) is 10.2. The van der Waals surface area contributed by atoms with Crippen LogP contribution < -0.4 is 5.32 Å². The van der Waals surface area contributed by atoms with Crippen LogP contribution in [0.1, 0.15) is 5.56 Å². The van der Waals surface area contributed by atoms with Crippen molar-refractivity contribution in [1.82, 2.24) is 20.6 Å². The zero-order valence-electron chi connectivity index (χ0n) is 10.8. The van der Waals surface area contributed by atoms with Gasteiger partial charge in [-0.05, 0) is 23.4 Å². The molecular weight excluding hydrogens is 293 g/mol. The van der Waals surface area contributed by atoms with Crippen LogP contribution in [-0.2, 0) is 6.54 Å². The number of tetrazole rings is 1. The number of aromatic amines is 1. The first-order valence-corrected chi connectivity index (χ1v) is 6.62. The molecular formula is C14H11ClFN5. The second-order valence-electron chi connectivity index (χ2n) is 4.38. The van der Waals surface area contributed by atoms with E-state index in [4.69, 9.17) is 11.6 Å². The van der Waals surface area contributed by atoms with E-state index in [2.05, 4.69) is 25.9 Å². The smallest absolute Gasteiger partial charge is 0.204 e. The molecule has 0 aliphatic heterocycles. The van der Waals surface area contributed by atoms with Crippen molar-refractivity contribution in [3.05, 3.63) is 58.9 Å². The average molecular weight is 304 g/mol. The topological polar surface area (TPSA) is 66.5 Å². The van der Waals surface area contributed by atoms with Crippen molar-refractivity contribution in [3.63, 3.8) is 0 Å². The van der Waals surface area contributed by atoms with E-state index in [0.717, 1.165) is 11.3 Å². The van der Waals surface area contributed by atoms with E-state index in [1.807, 2.05) is 24.3 Å². The number of benzene rings is 2. The van der Waals surface area contributed by atoms with Gasteiger partial charge in [0.05, 0.1) is 5.02 Å². The first-order valence-electron chi connectivity index (χ1n) is 6.24. The van der Waals surface area contributed by atoms with Crippen molar-refractivity contribution in [1.29, 1.82) is 0 Å². The number of hydrogen-bond acceptors (Lipinski definition) is 4. The molecule has 1 heterocycles. The Morgan fingerprint density at radius 1 is 1.19 bits per heavy atom. The van der Waals surface area contributed by atoms with Gasteiger partial charge in [0.2, 0.25) is 5.82 Å². The van der Waals surface area contributed by atoms with E-state index in [1.165, 1.54) is 6.07 Å². The van der Waals surface area contributed by atoms with Crippen LogP contribution in [0.4, 0.5) is 10.1 Å². The molecule has 5 nitrogen and oxygen atoms in total. The maximum Gasteiger partial charge on any atom is 0.204 e. The molecule has 0 radical (unpaired) electrons. The van der Waals surface area contributed by atoms with Crippen LogP contribution in [0.5, 0.6) is 0 Å². The predicted molar refractivity (Wildman–Crippen MR) is 78.4 cm³/mol. The van der Waals surface area contributed by atoms with E-state index in [0.29, 0.717) is 17.9 Å². The lowest BCUT2D eigenvalue weighted by molar-refractivity contribution is 0.613. The zero-order chi connectivity index (χ0) is 14.7. The van der Waals surface area contributed by atoms with E-state index >= 15 is 0 Å². The summed E-state index contributed by atoms with van der Waals surface area (Å²) in [5.74, 6) is 0.105. The highest BCUT2D eigenvalue weighted by molar-refractivity contribution is 6.30. The molecule has 0 amide bonds. The Morgan fingerprint density at radius 3 is 2.86 bits per heavy atom. The van der Waals surface area contributed by atoms with Crippen molar-refractivity contribution in [2.75, 3.05) is 5.32 Å². The summed E-state index contributed by atoms with van der Waals surface area (Å²) in [4.78, 5) is 0. The van der Waals surface area contributed by atoms with Gasteiger partial charge in [0.1, 0.15) is 5.82 Å². The van der Waals surface area contributed by atoms with Gasteiger partial charge in [0.25, 0.3) is 0 Å². The Labute approximate surface area is 125 Å². The molecule has 0 atom stereocenters. The standard InChI is InChI=1S/C14H11ClFN5/c15-12-6-2-4-10(13(12)16)8-17-11-5-1-3-9(7-11)14-18-20-21-19-14/h1-7,17H,8H2,(H,18,19,20,21). The number of nitrogens with zero attached hydrogens (tertiary/aromatic N) is 3. The molecule has 21 heavy (non-hydrogen) atoms. The van der Waals surface area contributed by atoms with E-state index in [9.17, 15) is 4.39 Å². The molecule has 0 aliphatic rings.